The van der Waals surface area contributed by atoms with Crippen molar-refractivity contribution in [3.05, 3.63) is 47.0 Å². The molecule has 0 radical (unpaired) electrons. The van der Waals surface area contributed by atoms with Gasteiger partial charge in [0.05, 0.1) is 26.9 Å². The Kier molecular flexibility index (Phi) is 7.29. The first-order valence-electron chi connectivity index (χ1n) is 8.63. The van der Waals surface area contributed by atoms with Gasteiger partial charge in [0.25, 0.3) is 0 Å². The minimum atomic E-state index is -1.16. The molecule has 0 aromatic heterocycles. The number of rotatable bonds is 9. The largest absolute Gasteiger partial charge is 0.504 e. The highest BCUT2D eigenvalue weighted by molar-refractivity contribution is 5.51. The molecule has 0 amide bonds. The predicted molar refractivity (Wildman–Crippen MR) is 99.5 cm³/mol. The van der Waals surface area contributed by atoms with Crippen LogP contribution in [-0.4, -0.2) is 53.0 Å². The van der Waals surface area contributed by atoms with Crippen LogP contribution >= 0.6 is 0 Å². The van der Waals surface area contributed by atoms with Gasteiger partial charge in [0.2, 0.25) is 0 Å². The third-order valence-electron chi connectivity index (χ3n) is 4.53. The SMILES string of the molecule is COc1cc([C@@H](O)[C@H](CO)c2cc(CCCO)cc(OC)c2O)ccc1O. The van der Waals surface area contributed by atoms with E-state index in [9.17, 15) is 20.4 Å². The van der Waals surface area contributed by atoms with Crippen molar-refractivity contribution >= 4 is 0 Å². The van der Waals surface area contributed by atoms with Gasteiger partial charge in [0, 0.05) is 18.1 Å². The number of aryl methyl sites for hydroxylation is 1. The Morgan fingerprint density at radius 3 is 2.26 bits per heavy atom. The molecule has 0 saturated heterocycles. The lowest BCUT2D eigenvalue weighted by atomic mass is 9.87. The second-order valence-corrected chi connectivity index (χ2v) is 6.23. The van der Waals surface area contributed by atoms with E-state index in [1.165, 1.54) is 32.4 Å². The number of hydrogen-bond acceptors (Lipinski definition) is 7. The van der Waals surface area contributed by atoms with Gasteiger partial charge >= 0.3 is 0 Å². The van der Waals surface area contributed by atoms with Gasteiger partial charge in [0.15, 0.2) is 23.0 Å². The summed E-state index contributed by atoms with van der Waals surface area (Å²) in [5, 5.41) is 50.0. The van der Waals surface area contributed by atoms with Crippen molar-refractivity contribution < 1.29 is 35.0 Å². The lowest BCUT2D eigenvalue weighted by Gasteiger charge is -2.24. The lowest BCUT2D eigenvalue weighted by Crippen LogP contribution is -2.16. The summed E-state index contributed by atoms with van der Waals surface area (Å²) in [5.41, 5.74) is 1.56. The van der Waals surface area contributed by atoms with Crippen LogP contribution in [0.1, 0.15) is 35.1 Å². The number of aromatic hydroxyl groups is 2. The molecule has 2 aromatic carbocycles. The number of phenolic OH excluding ortho intramolecular Hbond substituents is 2. The van der Waals surface area contributed by atoms with Crippen LogP contribution in [0.4, 0.5) is 0 Å². The van der Waals surface area contributed by atoms with Gasteiger partial charge in [-0.15, -0.1) is 0 Å². The van der Waals surface area contributed by atoms with Crippen LogP contribution in [-0.2, 0) is 6.42 Å². The molecule has 0 aliphatic heterocycles. The van der Waals surface area contributed by atoms with Crippen LogP contribution in [0.15, 0.2) is 30.3 Å². The average molecular weight is 378 g/mol. The minimum Gasteiger partial charge on any atom is -0.504 e. The molecule has 2 atom stereocenters. The highest BCUT2D eigenvalue weighted by Gasteiger charge is 2.27. The van der Waals surface area contributed by atoms with Crippen LogP contribution in [0.2, 0.25) is 0 Å². The highest BCUT2D eigenvalue weighted by atomic mass is 16.5. The molecule has 2 aromatic rings. The fourth-order valence-corrected chi connectivity index (χ4v) is 3.03. The third kappa shape index (κ3) is 4.63. The zero-order valence-corrected chi connectivity index (χ0v) is 15.4. The monoisotopic (exact) mass is 378 g/mol. The normalized spacial score (nSPS) is 13.2. The van der Waals surface area contributed by atoms with Gasteiger partial charge in [0.1, 0.15) is 0 Å². The molecule has 0 heterocycles. The highest BCUT2D eigenvalue weighted by Crippen LogP contribution is 2.42. The van der Waals surface area contributed by atoms with Crippen molar-refractivity contribution in [3.63, 3.8) is 0 Å². The van der Waals surface area contributed by atoms with E-state index in [4.69, 9.17) is 14.6 Å². The molecule has 148 valence electrons. The summed E-state index contributed by atoms with van der Waals surface area (Å²) < 4.78 is 10.3. The van der Waals surface area contributed by atoms with E-state index in [1.807, 2.05) is 0 Å². The molecule has 7 heteroatoms. The number of phenols is 2. The molecule has 0 saturated carbocycles. The summed E-state index contributed by atoms with van der Waals surface area (Å²) in [7, 11) is 2.82. The molecular formula is C20H26O7. The Hall–Kier alpha value is -2.48. The minimum absolute atomic E-state index is 0.0257. The van der Waals surface area contributed by atoms with Gasteiger partial charge in [-0.3, -0.25) is 0 Å². The molecule has 5 N–H and O–H groups in total. The maximum absolute atomic E-state index is 10.8. The smallest absolute Gasteiger partial charge is 0.161 e. The van der Waals surface area contributed by atoms with Crippen LogP contribution in [0.5, 0.6) is 23.0 Å². The van der Waals surface area contributed by atoms with E-state index in [0.29, 0.717) is 24.0 Å². The van der Waals surface area contributed by atoms with Crippen LogP contribution < -0.4 is 9.47 Å². The predicted octanol–water partition coefficient (Wildman–Crippen LogP) is 1.85. The molecule has 0 aliphatic rings. The van der Waals surface area contributed by atoms with Crippen molar-refractivity contribution in [2.24, 2.45) is 0 Å². The fraction of sp³-hybridized carbons (Fsp3) is 0.400. The van der Waals surface area contributed by atoms with E-state index >= 15 is 0 Å². The standard InChI is InChI=1S/C20H26O7/c1-26-17-10-13(5-6-16(17)23)19(24)15(11-22)14-8-12(4-3-7-21)9-18(27-2)20(14)25/h5-6,8-10,15,19,21-25H,3-4,7,11H2,1-2H3/t15-,19-/m1/s1. The summed E-state index contributed by atoms with van der Waals surface area (Å²) in [5.74, 6) is -0.628. The van der Waals surface area contributed by atoms with Crippen LogP contribution in [0.3, 0.4) is 0 Å². The Bertz CT molecular complexity index is 760. The molecule has 0 bridgehead atoms. The zero-order chi connectivity index (χ0) is 20.0. The number of ether oxygens (including phenoxy) is 2. The maximum atomic E-state index is 10.8. The lowest BCUT2D eigenvalue weighted by molar-refractivity contribution is 0.105. The Labute approximate surface area is 158 Å². The van der Waals surface area contributed by atoms with Gasteiger partial charge in [-0.1, -0.05) is 12.1 Å². The molecule has 0 spiro atoms. The average Bonchev–Trinajstić information content (AvgIpc) is 2.68. The second-order valence-electron chi connectivity index (χ2n) is 6.23. The number of aliphatic hydroxyl groups is 3. The summed E-state index contributed by atoms with van der Waals surface area (Å²) >= 11 is 0. The van der Waals surface area contributed by atoms with E-state index in [2.05, 4.69) is 0 Å². The summed E-state index contributed by atoms with van der Waals surface area (Å²) in [6.45, 7) is -0.400. The second kappa shape index (κ2) is 9.45. The van der Waals surface area contributed by atoms with E-state index < -0.39 is 18.6 Å². The quantitative estimate of drug-likeness (QED) is 0.452. The zero-order valence-electron chi connectivity index (χ0n) is 15.4. The Morgan fingerprint density at radius 1 is 0.963 bits per heavy atom. The molecule has 27 heavy (non-hydrogen) atoms. The van der Waals surface area contributed by atoms with E-state index in [-0.39, 0.29) is 29.6 Å². The number of benzene rings is 2. The van der Waals surface area contributed by atoms with Crippen LogP contribution in [0.25, 0.3) is 0 Å². The van der Waals surface area contributed by atoms with Crippen molar-refractivity contribution in [3.8, 4) is 23.0 Å². The van der Waals surface area contributed by atoms with Crippen molar-refractivity contribution in [2.45, 2.75) is 24.9 Å². The maximum Gasteiger partial charge on any atom is 0.161 e. The van der Waals surface area contributed by atoms with E-state index in [1.54, 1.807) is 12.1 Å². The van der Waals surface area contributed by atoms with Gasteiger partial charge in [-0.25, -0.2) is 0 Å². The third-order valence-corrected chi connectivity index (χ3v) is 4.53. The summed E-state index contributed by atoms with van der Waals surface area (Å²) in [6, 6.07) is 7.75. The first-order chi connectivity index (χ1) is 13.0. The topological polar surface area (TPSA) is 120 Å². The molecule has 0 unspecified atom stereocenters. The van der Waals surface area contributed by atoms with Gasteiger partial charge in [-0.2, -0.15) is 0 Å². The fourth-order valence-electron chi connectivity index (χ4n) is 3.03. The molecule has 0 fully saturated rings. The Balaban J connectivity index is 2.46. The number of methoxy groups -OCH3 is 2. The molecule has 2 rings (SSSR count). The van der Waals surface area contributed by atoms with E-state index in [0.717, 1.165) is 5.56 Å². The molecule has 0 aliphatic carbocycles. The number of aliphatic hydroxyl groups excluding tert-OH is 3. The van der Waals surface area contributed by atoms with Crippen molar-refractivity contribution in [1.29, 1.82) is 0 Å². The Morgan fingerprint density at radius 2 is 1.67 bits per heavy atom. The summed E-state index contributed by atoms with van der Waals surface area (Å²) in [6.07, 6.45) is -0.0655. The molecular weight excluding hydrogens is 352 g/mol. The molecule has 7 nitrogen and oxygen atoms in total. The number of hydrogen-bond donors (Lipinski definition) is 5. The summed E-state index contributed by atoms with van der Waals surface area (Å²) in [4.78, 5) is 0. The van der Waals surface area contributed by atoms with Gasteiger partial charge < -0.3 is 35.0 Å². The first-order valence-corrected chi connectivity index (χ1v) is 8.63. The van der Waals surface area contributed by atoms with Crippen LogP contribution in [0, 0.1) is 0 Å². The van der Waals surface area contributed by atoms with Crippen molar-refractivity contribution in [2.75, 3.05) is 27.4 Å². The van der Waals surface area contributed by atoms with Crippen molar-refractivity contribution in [1.82, 2.24) is 0 Å². The van der Waals surface area contributed by atoms with Gasteiger partial charge in [-0.05, 0) is 42.2 Å². The first kappa shape index (κ1) is 20.8.